The summed E-state index contributed by atoms with van der Waals surface area (Å²) >= 11 is 5.64. The predicted molar refractivity (Wildman–Crippen MR) is 66.0 cm³/mol. The van der Waals surface area contributed by atoms with Crippen LogP contribution in [0.25, 0.3) is 0 Å². The van der Waals surface area contributed by atoms with Crippen molar-refractivity contribution < 1.29 is 21.0 Å². The summed E-state index contributed by atoms with van der Waals surface area (Å²) in [4.78, 5) is -1.02. The summed E-state index contributed by atoms with van der Waals surface area (Å²) in [6.07, 6.45) is 0. The number of halogens is 1. The van der Waals surface area contributed by atoms with Crippen molar-refractivity contribution in [2.75, 3.05) is 12.3 Å². The first-order chi connectivity index (χ1) is 8.09. The van der Waals surface area contributed by atoms with E-state index in [4.69, 9.17) is 22.5 Å². The minimum atomic E-state index is -4.16. The molecule has 0 spiro atoms. The molecule has 0 fully saturated rings. The maximum absolute atomic E-state index is 11.7. The fourth-order valence-corrected chi connectivity index (χ4v) is 3.43. The number of hydrogen-bond acceptors (Lipinski definition) is 6. The van der Waals surface area contributed by atoms with Crippen molar-refractivity contribution in [2.24, 2.45) is 5.14 Å². The highest BCUT2D eigenvalue weighted by Crippen LogP contribution is 2.30. The number of anilines is 1. The highest BCUT2D eigenvalue weighted by molar-refractivity contribution is 7.89. The molecule has 0 aromatic heterocycles. The number of rotatable bonds is 4. The summed E-state index contributed by atoms with van der Waals surface area (Å²) < 4.78 is 50.3. The fourth-order valence-electron chi connectivity index (χ4n) is 1.20. The maximum Gasteiger partial charge on any atom is 0.299 e. The second kappa shape index (κ2) is 5.02. The average molecular weight is 315 g/mol. The van der Waals surface area contributed by atoms with Gasteiger partial charge in [0.25, 0.3) is 10.1 Å². The first-order valence-corrected chi connectivity index (χ1v) is 7.94. The zero-order chi connectivity index (χ0) is 14.1. The van der Waals surface area contributed by atoms with Gasteiger partial charge < -0.3 is 5.73 Å². The Hall–Kier alpha value is -0.870. The minimum Gasteiger partial charge on any atom is -0.398 e. The van der Waals surface area contributed by atoms with Crippen molar-refractivity contribution >= 4 is 37.4 Å². The minimum absolute atomic E-state index is 0.116. The molecule has 0 amide bonds. The normalized spacial score (nSPS) is 12.6. The first-order valence-electron chi connectivity index (χ1n) is 4.61. The Kier molecular flexibility index (Phi) is 4.23. The molecule has 0 radical (unpaired) electrons. The van der Waals surface area contributed by atoms with Crippen LogP contribution in [-0.2, 0) is 24.3 Å². The monoisotopic (exact) mass is 314 g/mol. The molecule has 0 aliphatic rings. The van der Waals surface area contributed by atoms with Crippen LogP contribution in [0.1, 0.15) is 6.92 Å². The van der Waals surface area contributed by atoms with Crippen LogP contribution in [0.2, 0.25) is 5.02 Å². The van der Waals surface area contributed by atoms with Gasteiger partial charge in [-0.15, -0.1) is 0 Å². The summed E-state index contributed by atoms with van der Waals surface area (Å²) in [5.41, 5.74) is 5.25. The van der Waals surface area contributed by atoms with E-state index >= 15 is 0 Å². The van der Waals surface area contributed by atoms with Crippen LogP contribution in [0, 0.1) is 0 Å². The van der Waals surface area contributed by atoms with Crippen molar-refractivity contribution in [1.29, 1.82) is 0 Å². The Balaban J connectivity index is 3.59. The van der Waals surface area contributed by atoms with Gasteiger partial charge in [0, 0.05) is 0 Å². The summed E-state index contributed by atoms with van der Waals surface area (Å²) in [5, 5.41) is 4.65. The third-order valence-electron chi connectivity index (χ3n) is 1.91. The first kappa shape index (κ1) is 15.2. The van der Waals surface area contributed by atoms with E-state index in [1.165, 1.54) is 6.92 Å². The molecule has 10 heteroatoms. The maximum atomic E-state index is 11.7. The molecule has 0 unspecified atom stereocenters. The second-order valence-electron chi connectivity index (χ2n) is 3.23. The van der Waals surface area contributed by atoms with E-state index < -0.39 is 29.9 Å². The van der Waals surface area contributed by atoms with Crippen molar-refractivity contribution in [3.63, 3.8) is 0 Å². The lowest BCUT2D eigenvalue weighted by molar-refractivity contribution is 0.338. The molecule has 18 heavy (non-hydrogen) atoms. The molecule has 1 aromatic rings. The molecule has 1 rings (SSSR count). The number of sulfonamides is 1. The molecule has 4 N–H and O–H groups in total. The van der Waals surface area contributed by atoms with E-state index in [2.05, 4.69) is 4.18 Å². The molecule has 7 nitrogen and oxygen atoms in total. The SMILES string of the molecule is CCOS(=O)(=O)c1cc(S(N)(=O)=O)c(Cl)cc1N. The van der Waals surface area contributed by atoms with Gasteiger partial charge in [0.2, 0.25) is 10.0 Å². The molecule has 1 aromatic carbocycles. The summed E-state index contributed by atoms with van der Waals surface area (Å²) in [5.74, 6) is 0. The van der Waals surface area contributed by atoms with Crippen molar-refractivity contribution in [3.8, 4) is 0 Å². The van der Waals surface area contributed by atoms with E-state index in [0.717, 1.165) is 12.1 Å². The van der Waals surface area contributed by atoms with Crippen LogP contribution in [0.4, 0.5) is 5.69 Å². The van der Waals surface area contributed by atoms with Crippen molar-refractivity contribution in [3.05, 3.63) is 17.2 Å². The van der Waals surface area contributed by atoms with Gasteiger partial charge in [-0.1, -0.05) is 11.6 Å². The number of benzene rings is 1. The smallest absolute Gasteiger partial charge is 0.299 e. The third-order valence-corrected chi connectivity index (χ3v) is 4.73. The van der Waals surface area contributed by atoms with Crippen molar-refractivity contribution in [2.45, 2.75) is 16.7 Å². The largest absolute Gasteiger partial charge is 0.398 e. The van der Waals surface area contributed by atoms with Gasteiger partial charge in [-0.3, -0.25) is 4.18 Å². The molecule has 0 heterocycles. The fraction of sp³-hybridized carbons (Fsp3) is 0.250. The lowest BCUT2D eigenvalue weighted by atomic mass is 10.3. The topological polar surface area (TPSA) is 130 Å². The van der Waals surface area contributed by atoms with Crippen LogP contribution in [0.5, 0.6) is 0 Å². The molecular formula is C8H11ClN2O5S2. The zero-order valence-corrected chi connectivity index (χ0v) is 11.6. The Morgan fingerprint density at radius 1 is 1.22 bits per heavy atom. The van der Waals surface area contributed by atoms with Crippen molar-refractivity contribution in [1.82, 2.24) is 0 Å². The molecule has 0 aliphatic carbocycles. The van der Waals surface area contributed by atoms with Gasteiger partial charge in [0.15, 0.2) is 0 Å². The van der Waals surface area contributed by atoms with Crippen LogP contribution >= 0.6 is 11.6 Å². The average Bonchev–Trinajstić information content (AvgIpc) is 2.14. The van der Waals surface area contributed by atoms with E-state index in [1.807, 2.05) is 0 Å². The van der Waals surface area contributed by atoms with Gasteiger partial charge in [0.1, 0.15) is 9.79 Å². The predicted octanol–water partition coefficient (Wildman–Crippen LogP) is 0.295. The zero-order valence-electron chi connectivity index (χ0n) is 9.25. The second-order valence-corrected chi connectivity index (χ2v) is 6.75. The van der Waals surface area contributed by atoms with E-state index in [0.29, 0.717) is 0 Å². The van der Waals surface area contributed by atoms with Crippen LogP contribution in [0.3, 0.4) is 0 Å². The number of nitrogens with two attached hydrogens (primary N) is 2. The van der Waals surface area contributed by atoms with Gasteiger partial charge in [-0.25, -0.2) is 13.6 Å². The lowest BCUT2D eigenvalue weighted by Crippen LogP contribution is -2.15. The van der Waals surface area contributed by atoms with Crippen LogP contribution in [0.15, 0.2) is 21.9 Å². The lowest BCUT2D eigenvalue weighted by Gasteiger charge is -2.09. The number of hydrogen-bond donors (Lipinski definition) is 2. The Bertz CT molecular complexity index is 669. The molecule has 102 valence electrons. The molecule has 0 atom stereocenters. The Labute approximate surface area is 110 Å². The molecule has 0 aliphatic heterocycles. The molecule has 0 saturated carbocycles. The van der Waals surface area contributed by atoms with Gasteiger partial charge in [0.05, 0.1) is 17.3 Å². The quantitative estimate of drug-likeness (QED) is 0.607. The number of primary sulfonamides is 1. The third kappa shape index (κ3) is 3.12. The molecular weight excluding hydrogens is 304 g/mol. The number of nitrogen functional groups attached to an aromatic ring is 1. The standard InChI is InChI=1S/C8H11ClN2O5S2/c1-2-16-18(14,15)8-4-7(17(11,12)13)5(9)3-6(8)10/h3-4H,2,10H2,1H3,(H2,11,12,13). The van der Waals surface area contributed by atoms with E-state index in [1.54, 1.807) is 0 Å². The summed E-state index contributed by atoms with van der Waals surface area (Å²) in [7, 11) is -8.30. The van der Waals surface area contributed by atoms with E-state index in [-0.39, 0.29) is 17.3 Å². The summed E-state index contributed by atoms with van der Waals surface area (Å²) in [6.45, 7) is 1.35. The highest BCUT2D eigenvalue weighted by Gasteiger charge is 2.23. The van der Waals surface area contributed by atoms with E-state index in [9.17, 15) is 16.8 Å². The van der Waals surface area contributed by atoms with Crippen LogP contribution < -0.4 is 10.9 Å². The molecule has 0 saturated heterocycles. The Morgan fingerprint density at radius 3 is 2.22 bits per heavy atom. The van der Waals surface area contributed by atoms with Gasteiger partial charge in [-0.2, -0.15) is 8.42 Å². The summed E-state index contributed by atoms with van der Waals surface area (Å²) in [6, 6.07) is 1.77. The molecule has 0 bridgehead atoms. The van der Waals surface area contributed by atoms with Crippen LogP contribution in [-0.4, -0.2) is 23.4 Å². The highest BCUT2D eigenvalue weighted by atomic mass is 35.5. The van der Waals surface area contributed by atoms with Gasteiger partial charge >= 0.3 is 0 Å². The van der Waals surface area contributed by atoms with Gasteiger partial charge in [-0.05, 0) is 19.1 Å². The Morgan fingerprint density at radius 2 is 1.78 bits per heavy atom.